The van der Waals surface area contributed by atoms with Crippen molar-refractivity contribution in [2.45, 2.75) is 26.4 Å². The van der Waals surface area contributed by atoms with Crippen LogP contribution in [0.15, 0.2) is 0 Å². The molecule has 0 spiro atoms. The summed E-state index contributed by atoms with van der Waals surface area (Å²) in [5, 5.41) is 12.3. The van der Waals surface area contributed by atoms with Crippen molar-refractivity contribution in [3.05, 3.63) is 0 Å². The smallest absolute Gasteiger partial charge is 0.0897 e. The highest BCUT2D eigenvalue weighted by molar-refractivity contribution is 4.56. The molecule has 0 aliphatic carbocycles. The monoisotopic (exact) mass is 161 g/mol. The van der Waals surface area contributed by atoms with Gasteiger partial charge in [0, 0.05) is 13.2 Å². The summed E-state index contributed by atoms with van der Waals surface area (Å²) >= 11 is 0. The van der Waals surface area contributed by atoms with Gasteiger partial charge >= 0.3 is 0 Å². The summed E-state index contributed by atoms with van der Waals surface area (Å²) in [5.41, 5.74) is 0. The van der Waals surface area contributed by atoms with Gasteiger partial charge in [0.25, 0.3) is 0 Å². The number of rotatable bonds is 7. The van der Waals surface area contributed by atoms with Crippen LogP contribution in [-0.2, 0) is 4.74 Å². The molecular formula is C8H19NO2. The Labute approximate surface area is 68.8 Å². The Morgan fingerprint density at radius 1 is 1.45 bits per heavy atom. The molecule has 0 radical (unpaired) electrons. The van der Waals surface area contributed by atoms with Crippen LogP contribution in [0.25, 0.3) is 0 Å². The molecule has 0 aliphatic rings. The number of aliphatic hydroxyl groups excluding tert-OH is 1. The van der Waals surface area contributed by atoms with Gasteiger partial charge in [0.2, 0.25) is 0 Å². The molecule has 0 amide bonds. The number of ether oxygens (including phenoxy) is 1. The molecule has 0 rings (SSSR count). The highest BCUT2D eigenvalue weighted by atomic mass is 16.5. The van der Waals surface area contributed by atoms with Crippen LogP contribution in [-0.4, -0.2) is 37.5 Å². The largest absolute Gasteiger partial charge is 0.389 e. The van der Waals surface area contributed by atoms with E-state index in [1.807, 2.05) is 6.92 Å². The maximum Gasteiger partial charge on any atom is 0.0897 e. The van der Waals surface area contributed by atoms with Gasteiger partial charge in [-0.2, -0.15) is 0 Å². The van der Waals surface area contributed by atoms with Crippen molar-refractivity contribution >= 4 is 0 Å². The van der Waals surface area contributed by atoms with Gasteiger partial charge in [-0.25, -0.2) is 0 Å². The number of hydrogen-bond donors (Lipinski definition) is 2. The maximum atomic E-state index is 9.22. The van der Waals surface area contributed by atoms with E-state index in [4.69, 9.17) is 4.74 Å². The molecule has 11 heavy (non-hydrogen) atoms. The van der Waals surface area contributed by atoms with Crippen LogP contribution in [0.5, 0.6) is 0 Å². The van der Waals surface area contributed by atoms with Crippen molar-refractivity contribution in [2.75, 3.05) is 26.3 Å². The summed E-state index contributed by atoms with van der Waals surface area (Å²) in [6.45, 7) is 6.73. The van der Waals surface area contributed by atoms with Crippen LogP contribution < -0.4 is 5.32 Å². The minimum absolute atomic E-state index is 0.360. The van der Waals surface area contributed by atoms with Crippen LogP contribution >= 0.6 is 0 Å². The molecule has 3 heteroatoms. The molecule has 1 atom stereocenters. The maximum absolute atomic E-state index is 9.22. The van der Waals surface area contributed by atoms with Gasteiger partial charge in [0.05, 0.1) is 12.7 Å². The van der Waals surface area contributed by atoms with Crippen LogP contribution in [0.2, 0.25) is 0 Å². The summed E-state index contributed by atoms with van der Waals surface area (Å²) in [4.78, 5) is 0. The molecule has 0 bridgehead atoms. The Kier molecular flexibility index (Phi) is 7.89. The van der Waals surface area contributed by atoms with Gasteiger partial charge in [0.1, 0.15) is 0 Å². The average molecular weight is 161 g/mol. The Bertz CT molecular complexity index is 78.5. The Morgan fingerprint density at radius 3 is 2.73 bits per heavy atom. The van der Waals surface area contributed by atoms with Crippen molar-refractivity contribution in [1.29, 1.82) is 0 Å². The topological polar surface area (TPSA) is 41.5 Å². The van der Waals surface area contributed by atoms with Gasteiger partial charge in [-0.15, -0.1) is 0 Å². The van der Waals surface area contributed by atoms with Crippen LogP contribution in [0, 0.1) is 0 Å². The van der Waals surface area contributed by atoms with Crippen molar-refractivity contribution < 1.29 is 9.84 Å². The summed E-state index contributed by atoms with van der Waals surface area (Å²) in [5.74, 6) is 0. The zero-order valence-corrected chi connectivity index (χ0v) is 7.47. The molecule has 0 heterocycles. The Morgan fingerprint density at radius 2 is 2.18 bits per heavy atom. The fourth-order valence-corrected chi connectivity index (χ4v) is 0.758. The van der Waals surface area contributed by atoms with Crippen LogP contribution in [0.1, 0.15) is 20.3 Å². The van der Waals surface area contributed by atoms with Crippen molar-refractivity contribution in [3.8, 4) is 0 Å². The molecule has 0 saturated heterocycles. The van der Waals surface area contributed by atoms with E-state index in [1.54, 1.807) is 0 Å². The van der Waals surface area contributed by atoms with Crippen molar-refractivity contribution in [2.24, 2.45) is 0 Å². The second-order valence-electron chi connectivity index (χ2n) is 2.52. The molecule has 1 unspecified atom stereocenters. The van der Waals surface area contributed by atoms with E-state index in [0.717, 1.165) is 13.0 Å². The fraction of sp³-hybridized carbons (Fsp3) is 1.00. The molecule has 0 aliphatic heterocycles. The zero-order valence-electron chi connectivity index (χ0n) is 7.47. The van der Waals surface area contributed by atoms with Gasteiger partial charge in [-0.3, -0.25) is 0 Å². The van der Waals surface area contributed by atoms with Crippen LogP contribution in [0.4, 0.5) is 0 Å². The van der Waals surface area contributed by atoms with E-state index in [0.29, 0.717) is 19.8 Å². The fourth-order valence-electron chi connectivity index (χ4n) is 0.758. The summed E-state index contributed by atoms with van der Waals surface area (Å²) in [7, 11) is 0. The number of nitrogens with one attached hydrogen (secondary N) is 1. The highest BCUT2D eigenvalue weighted by Crippen LogP contribution is 1.83. The zero-order chi connectivity index (χ0) is 8.53. The molecule has 2 N–H and O–H groups in total. The quantitative estimate of drug-likeness (QED) is 0.530. The van der Waals surface area contributed by atoms with Gasteiger partial charge < -0.3 is 15.2 Å². The van der Waals surface area contributed by atoms with E-state index >= 15 is 0 Å². The van der Waals surface area contributed by atoms with Gasteiger partial charge in [0.15, 0.2) is 0 Å². The Balaban J connectivity index is 3.02. The lowest BCUT2D eigenvalue weighted by Gasteiger charge is -2.10. The van der Waals surface area contributed by atoms with Gasteiger partial charge in [-0.05, 0) is 19.9 Å². The normalized spacial score (nSPS) is 13.4. The van der Waals surface area contributed by atoms with E-state index in [9.17, 15) is 5.11 Å². The number of hydrogen-bond acceptors (Lipinski definition) is 3. The molecule has 0 fully saturated rings. The molecule has 0 saturated carbocycles. The first-order chi connectivity index (χ1) is 5.31. The highest BCUT2D eigenvalue weighted by Gasteiger charge is 2.01. The first kappa shape index (κ1) is 10.9. The third-order valence-electron chi connectivity index (χ3n) is 1.32. The second kappa shape index (κ2) is 7.98. The lowest BCUT2D eigenvalue weighted by molar-refractivity contribution is 0.0430. The Hall–Kier alpha value is -0.120. The lowest BCUT2D eigenvalue weighted by atomic mass is 10.3. The number of aliphatic hydroxyl groups is 1. The molecule has 3 nitrogen and oxygen atoms in total. The minimum Gasteiger partial charge on any atom is -0.389 e. The second-order valence-corrected chi connectivity index (χ2v) is 2.52. The van der Waals surface area contributed by atoms with Crippen molar-refractivity contribution in [3.63, 3.8) is 0 Å². The third-order valence-corrected chi connectivity index (χ3v) is 1.32. The molecule has 68 valence electrons. The molecule has 0 aromatic rings. The van der Waals surface area contributed by atoms with E-state index in [1.165, 1.54) is 0 Å². The molecule has 0 aromatic heterocycles. The average Bonchev–Trinajstić information content (AvgIpc) is 2.01. The molecular weight excluding hydrogens is 142 g/mol. The first-order valence-electron chi connectivity index (χ1n) is 4.27. The van der Waals surface area contributed by atoms with Gasteiger partial charge in [-0.1, -0.05) is 6.92 Å². The third kappa shape index (κ3) is 7.78. The predicted octanol–water partition coefficient (Wildman–Crippen LogP) is 0.383. The summed E-state index contributed by atoms with van der Waals surface area (Å²) in [6.07, 6.45) is 0.739. The lowest BCUT2D eigenvalue weighted by Crippen LogP contribution is -2.30. The molecule has 0 aromatic carbocycles. The van der Waals surface area contributed by atoms with Crippen molar-refractivity contribution in [1.82, 2.24) is 5.32 Å². The van der Waals surface area contributed by atoms with Crippen LogP contribution in [0.3, 0.4) is 0 Å². The van der Waals surface area contributed by atoms with E-state index in [-0.39, 0.29) is 6.10 Å². The predicted molar refractivity (Wildman–Crippen MR) is 45.7 cm³/mol. The van der Waals surface area contributed by atoms with E-state index < -0.39 is 0 Å². The summed E-state index contributed by atoms with van der Waals surface area (Å²) in [6, 6.07) is 0. The minimum atomic E-state index is -0.360. The standard InChI is InChI=1S/C8H19NO2/c1-3-5-9-6-8(10)7-11-4-2/h8-10H,3-7H2,1-2H3. The first-order valence-corrected chi connectivity index (χ1v) is 4.27. The SMILES string of the molecule is CCCNCC(O)COCC. The summed E-state index contributed by atoms with van der Waals surface area (Å²) < 4.78 is 5.04. The van der Waals surface area contributed by atoms with E-state index in [2.05, 4.69) is 12.2 Å².